The maximum Gasteiger partial charge on any atom is 0.0530 e. The summed E-state index contributed by atoms with van der Waals surface area (Å²) in [7, 11) is 0. The summed E-state index contributed by atoms with van der Waals surface area (Å²) in [5.74, 6) is 10.5. The zero-order valence-electron chi connectivity index (χ0n) is 5.96. The van der Waals surface area contributed by atoms with Crippen LogP contribution in [0.4, 0.5) is 0 Å². The van der Waals surface area contributed by atoms with Crippen LogP contribution in [0.1, 0.15) is 12.8 Å². The van der Waals surface area contributed by atoms with Crippen LogP contribution in [0.15, 0.2) is 23.8 Å². The molecule has 0 heterocycles. The van der Waals surface area contributed by atoms with Crippen LogP contribution in [0.3, 0.4) is 0 Å². The smallest absolute Gasteiger partial charge is 0.0530 e. The van der Waals surface area contributed by atoms with Crippen LogP contribution in [0.2, 0.25) is 0 Å². The Balaban J connectivity index is 2.40. The van der Waals surface area contributed by atoms with Crippen LogP contribution in [-0.2, 0) is 0 Å². The molecule has 0 bridgehead atoms. The zero-order chi connectivity index (χ0) is 7.40. The Labute approximate surface area is 60.9 Å². The molecule has 0 amide bonds. The molecule has 3 nitrogen and oxygen atoms in total. The van der Waals surface area contributed by atoms with E-state index in [0.29, 0.717) is 6.54 Å². The average Bonchev–Trinajstić information content (AvgIpc) is 1.88. The minimum absolute atomic E-state index is 0.635. The molecule has 0 fully saturated rings. The molecule has 0 atom stereocenters. The van der Waals surface area contributed by atoms with Gasteiger partial charge < -0.3 is 0 Å². The molecule has 0 radical (unpaired) electrons. The molecule has 3 heteroatoms. The molecule has 1 rings (SSSR count). The first-order valence-corrected chi connectivity index (χ1v) is 3.41. The Morgan fingerprint density at radius 1 is 1.40 bits per heavy atom. The largest absolute Gasteiger partial charge is 0.255 e. The van der Waals surface area contributed by atoms with Crippen molar-refractivity contribution in [1.29, 1.82) is 0 Å². The summed E-state index contributed by atoms with van der Waals surface area (Å²) in [6, 6.07) is 0. The van der Waals surface area contributed by atoms with Gasteiger partial charge in [-0.1, -0.05) is 18.2 Å². The number of hydrogen-bond donors (Lipinski definition) is 2. The highest BCUT2D eigenvalue weighted by atomic mass is 15.6. The van der Waals surface area contributed by atoms with Gasteiger partial charge in [-0.25, -0.2) is 0 Å². The number of allylic oxidation sites excluding steroid dienone is 2. The summed E-state index contributed by atoms with van der Waals surface area (Å²) in [4.78, 5) is 0. The molecule has 56 valence electrons. The molecular weight excluding hydrogens is 126 g/mol. The Kier molecular flexibility index (Phi) is 2.62. The highest BCUT2D eigenvalue weighted by molar-refractivity contribution is 5.23. The summed E-state index contributed by atoms with van der Waals surface area (Å²) in [5, 5.41) is 1.20. The third kappa shape index (κ3) is 2.31. The Hall–Kier alpha value is -0.640. The molecule has 0 unspecified atom stereocenters. The second-order valence-corrected chi connectivity index (χ2v) is 2.43. The van der Waals surface area contributed by atoms with Gasteiger partial charge in [-0.05, 0) is 18.4 Å². The van der Waals surface area contributed by atoms with Crippen molar-refractivity contribution in [1.82, 2.24) is 5.12 Å². The van der Waals surface area contributed by atoms with Gasteiger partial charge in [0.15, 0.2) is 0 Å². The van der Waals surface area contributed by atoms with Gasteiger partial charge in [-0.15, -0.1) is 0 Å². The van der Waals surface area contributed by atoms with Crippen LogP contribution in [0.25, 0.3) is 0 Å². The lowest BCUT2D eigenvalue weighted by atomic mass is 10.1. The molecule has 1 aliphatic carbocycles. The maximum absolute atomic E-state index is 5.26. The quantitative estimate of drug-likeness (QED) is 0.427. The van der Waals surface area contributed by atoms with Crippen LogP contribution in [0.5, 0.6) is 0 Å². The highest BCUT2D eigenvalue weighted by Crippen LogP contribution is 2.08. The summed E-state index contributed by atoms with van der Waals surface area (Å²) in [6.07, 6.45) is 8.61. The Morgan fingerprint density at radius 3 is 2.70 bits per heavy atom. The maximum atomic E-state index is 5.26. The standard InChI is InChI=1S/C7H13N3/c8-10(9)6-7-4-2-1-3-5-7/h2,4-5H,1,3,6,8-9H2. The van der Waals surface area contributed by atoms with Crippen LogP contribution in [-0.4, -0.2) is 11.7 Å². The first kappa shape index (κ1) is 7.47. The second-order valence-electron chi connectivity index (χ2n) is 2.43. The van der Waals surface area contributed by atoms with E-state index in [9.17, 15) is 0 Å². The summed E-state index contributed by atoms with van der Waals surface area (Å²) >= 11 is 0. The lowest BCUT2D eigenvalue weighted by Gasteiger charge is -2.11. The number of nitrogens with zero attached hydrogens (tertiary/aromatic N) is 1. The Morgan fingerprint density at radius 2 is 2.20 bits per heavy atom. The van der Waals surface area contributed by atoms with Crippen molar-refractivity contribution in [2.45, 2.75) is 12.8 Å². The SMILES string of the molecule is NN(N)CC1=CCCC=C1. The Bertz CT molecular complexity index is 158. The predicted octanol–water partition coefficient (Wildman–Crippen LogP) is 0.312. The van der Waals surface area contributed by atoms with E-state index in [2.05, 4.69) is 18.2 Å². The molecule has 1 aliphatic rings. The third-order valence-electron chi connectivity index (χ3n) is 1.44. The minimum atomic E-state index is 0.635. The number of rotatable bonds is 2. The molecule has 0 saturated carbocycles. The van der Waals surface area contributed by atoms with Gasteiger partial charge in [0.25, 0.3) is 0 Å². The predicted molar refractivity (Wildman–Crippen MR) is 41.5 cm³/mol. The molecule has 4 N–H and O–H groups in total. The monoisotopic (exact) mass is 139 g/mol. The summed E-state index contributed by atoms with van der Waals surface area (Å²) in [5.41, 5.74) is 1.20. The molecule has 10 heavy (non-hydrogen) atoms. The normalized spacial score (nSPS) is 17.7. The highest BCUT2D eigenvalue weighted by Gasteiger charge is 1.97. The molecule has 0 aromatic carbocycles. The van der Waals surface area contributed by atoms with Gasteiger partial charge in [0.2, 0.25) is 0 Å². The second kappa shape index (κ2) is 3.51. The minimum Gasteiger partial charge on any atom is -0.255 e. The molecule has 0 saturated heterocycles. The first-order valence-electron chi connectivity index (χ1n) is 3.41. The number of nitrogens with two attached hydrogens (primary N) is 2. The molecule has 0 aromatic heterocycles. The van der Waals surface area contributed by atoms with Crippen molar-refractivity contribution in [3.8, 4) is 0 Å². The fraction of sp³-hybridized carbons (Fsp3) is 0.429. The van der Waals surface area contributed by atoms with Gasteiger partial charge in [0.05, 0.1) is 6.54 Å². The van der Waals surface area contributed by atoms with Gasteiger partial charge in [0, 0.05) is 0 Å². The lowest BCUT2D eigenvalue weighted by Crippen LogP contribution is -2.39. The third-order valence-corrected chi connectivity index (χ3v) is 1.44. The van der Waals surface area contributed by atoms with Gasteiger partial charge in [-0.2, -0.15) is 5.12 Å². The zero-order valence-corrected chi connectivity index (χ0v) is 5.96. The topological polar surface area (TPSA) is 55.3 Å². The van der Waals surface area contributed by atoms with E-state index in [4.69, 9.17) is 11.7 Å². The van der Waals surface area contributed by atoms with Crippen LogP contribution < -0.4 is 11.7 Å². The fourth-order valence-corrected chi connectivity index (χ4v) is 0.996. The van der Waals surface area contributed by atoms with Crippen LogP contribution >= 0.6 is 0 Å². The van der Waals surface area contributed by atoms with Gasteiger partial charge in [0.1, 0.15) is 0 Å². The van der Waals surface area contributed by atoms with E-state index in [-0.39, 0.29) is 0 Å². The van der Waals surface area contributed by atoms with E-state index in [1.54, 1.807) is 0 Å². The van der Waals surface area contributed by atoms with Crippen molar-refractivity contribution < 1.29 is 0 Å². The summed E-state index contributed by atoms with van der Waals surface area (Å²) in [6.45, 7) is 0.635. The van der Waals surface area contributed by atoms with Crippen molar-refractivity contribution in [3.05, 3.63) is 23.8 Å². The van der Waals surface area contributed by atoms with Crippen molar-refractivity contribution >= 4 is 0 Å². The van der Waals surface area contributed by atoms with Crippen molar-refractivity contribution in [3.63, 3.8) is 0 Å². The number of hydrazine groups is 2. The van der Waals surface area contributed by atoms with E-state index in [1.165, 1.54) is 10.7 Å². The fourth-order valence-electron chi connectivity index (χ4n) is 0.996. The molecule has 0 aliphatic heterocycles. The van der Waals surface area contributed by atoms with E-state index < -0.39 is 0 Å². The number of hydrogen-bond acceptors (Lipinski definition) is 3. The molecule has 0 spiro atoms. The van der Waals surface area contributed by atoms with E-state index in [0.717, 1.165) is 12.8 Å². The van der Waals surface area contributed by atoms with E-state index in [1.807, 2.05) is 0 Å². The van der Waals surface area contributed by atoms with Crippen molar-refractivity contribution in [2.24, 2.45) is 11.7 Å². The van der Waals surface area contributed by atoms with Gasteiger partial charge in [-0.3, -0.25) is 11.7 Å². The van der Waals surface area contributed by atoms with Crippen molar-refractivity contribution in [2.75, 3.05) is 6.54 Å². The van der Waals surface area contributed by atoms with Crippen LogP contribution in [0, 0.1) is 0 Å². The first-order chi connectivity index (χ1) is 4.79. The van der Waals surface area contributed by atoms with E-state index >= 15 is 0 Å². The molecular formula is C7H13N3. The lowest BCUT2D eigenvalue weighted by molar-refractivity contribution is 0.322. The van der Waals surface area contributed by atoms with Gasteiger partial charge >= 0.3 is 0 Å². The molecule has 0 aromatic rings. The summed E-state index contributed by atoms with van der Waals surface area (Å²) < 4.78 is 0. The average molecular weight is 139 g/mol.